The lowest BCUT2D eigenvalue weighted by molar-refractivity contribution is -0.123. The van der Waals surface area contributed by atoms with Crippen molar-refractivity contribution in [3.05, 3.63) is 36.3 Å². The summed E-state index contributed by atoms with van der Waals surface area (Å²) in [5, 5.41) is 0.982. The molecule has 1 aromatic heterocycles. The Hall–Kier alpha value is -1.64. The van der Waals surface area contributed by atoms with Crippen molar-refractivity contribution in [1.29, 1.82) is 0 Å². The molecule has 1 aliphatic carbocycles. The Morgan fingerprint density at radius 3 is 2.83 bits per heavy atom. The van der Waals surface area contributed by atoms with Crippen LogP contribution in [0.4, 0.5) is 4.39 Å². The molecule has 0 saturated heterocycles. The number of Topliss-reactive ketones (excluding diaryl/α,β-unsaturated/α-hetero) is 1. The summed E-state index contributed by atoms with van der Waals surface area (Å²) >= 11 is 0. The quantitative estimate of drug-likeness (QED) is 0.810. The van der Waals surface area contributed by atoms with E-state index in [1.165, 1.54) is 12.1 Å². The van der Waals surface area contributed by atoms with E-state index in [-0.39, 0.29) is 17.5 Å². The lowest BCUT2D eigenvalue weighted by Crippen LogP contribution is -2.17. The Labute approximate surface area is 105 Å². The molecule has 3 rings (SSSR count). The molecule has 0 bridgehead atoms. The molecule has 1 aliphatic rings. The van der Waals surface area contributed by atoms with Crippen LogP contribution in [0.1, 0.15) is 25.7 Å². The molecule has 0 radical (unpaired) electrons. The minimum Gasteiger partial charge on any atom is -0.340 e. The van der Waals surface area contributed by atoms with Crippen LogP contribution in [-0.2, 0) is 11.3 Å². The number of rotatable bonds is 3. The van der Waals surface area contributed by atoms with Gasteiger partial charge in [-0.2, -0.15) is 0 Å². The van der Waals surface area contributed by atoms with E-state index in [1.807, 2.05) is 16.8 Å². The standard InChI is InChI=1S/C15H16FNO/c16-13-6-5-11-7-8-17(14(11)9-13)10-15(18)12-3-1-2-4-12/h5-9,12H,1-4,10H2. The third kappa shape index (κ3) is 2.05. The van der Waals surface area contributed by atoms with Gasteiger partial charge < -0.3 is 4.57 Å². The number of aromatic nitrogens is 1. The highest BCUT2D eigenvalue weighted by atomic mass is 19.1. The fourth-order valence-corrected chi connectivity index (χ4v) is 2.84. The van der Waals surface area contributed by atoms with Gasteiger partial charge >= 0.3 is 0 Å². The molecular formula is C15H16FNO. The minimum absolute atomic E-state index is 0.219. The minimum atomic E-state index is -0.254. The van der Waals surface area contributed by atoms with Crippen molar-refractivity contribution >= 4 is 16.7 Å². The molecule has 0 amide bonds. The summed E-state index contributed by atoms with van der Waals surface area (Å²) in [6.07, 6.45) is 6.24. The van der Waals surface area contributed by atoms with Crippen LogP contribution >= 0.6 is 0 Å². The van der Waals surface area contributed by atoms with Crippen LogP contribution in [0.2, 0.25) is 0 Å². The molecule has 0 atom stereocenters. The van der Waals surface area contributed by atoms with Crippen molar-refractivity contribution in [3.8, 4) is 0 Å². The predicted molar refractivity (Wildman–Crippen MR) is 68.9 cm³/mol. The van der Waals surface area contributed by atoms with Crippen LogP contribution in [0.3, 0.4) is 0 Å². The van der Waals surface area contributed by atoms with Crippen LogP contribution < -0.4 is 0 Å². The first-order valence-corrected chi connectivity index (χ1v) is 6.51. The molecule has 1 heterocycles. The van der Waals surface area contributed by atoms with Gasteiger partial charge in [0, 0.05) is 12.1 Å². The zero-order valence-corrected chi connectivity index (χ0v) is 10.2. The lowest BCUT2D eigenvalue weighted by Gasteiger charge is -2.09. The highest BCUT2D eigenvalue weighted by Gasteiger charge is 2.22. The molecule has 0 N–H and O–H groups in total. The van der Waals surface area contributed by atoms with Gasteiger partial charge in [-0.05, 0) is 42.5 Å². The van der Waals surface area contributed by atoms with E-state index in [0.717, 1.165) is 36.6 Å². The average Bonchev–Trinajstić information content (AvgIpc) is 2.99. The molecule has 94 valence electrons. The number of benzene rings is 1. The maximum atomic E-state index is 13.2. The molecule has 0 spiro atoms. The highest BCUT2D eigenvalue weighted by Crippen LogP contribution is 2.26. The summed E-state index contributed by atoms with van der Waals surface area (Å²) in [6, 6.07) is 6.63. The number of fused-ring (bicyclic) bond motifs is 1. The number of hydrogen-bond acceptors (Lipinski definition) is 1. The second kappa shape index (κ2) is 4.56. The Morgan fingerprint density at radius 1 is 1.28 bits per heavy atom. The van der Waals surface area contributed by atoms with E-state index in [9.17, 15) is 9.18 Å². The van der Waals surface area contributed by atoms with E-state index in [0.29, 0.717) is 6.54 Å². The topological polar surface area (TPSA) is 22.0 Å². The summed E-state index contributed by atoms with van der Waals surface area (Å²) in [4.78, 5) is 12.1. The largest absolute Gasteiger partial charge is 0.340 e. The van der Waals surface area contributed by atoms with Crippen molar-refractivity contribution in [2.75, 3.05) is 0 Å². The molecule has 18 heavy (non-hydrogen) atoms. The van der Waals surface area contributed by atoms with Crippen molar-refractivity contribution in [1.82, 2.24) is 4.57 Å². The van der Waals surface area contributed by atoms with E-state index in [1.54, 1.807) is 6.07 Å². The van der Waals surface area contributed by atoms with Gasteiger partial charge in [-0.3, -0.25) is 4.79 Å². The fourth-order valence-electron chi connectivity index (χ4n) is 2.84. The Bertz CT molecular complexity index is 581. The lowest BCUT2D eigenvalue weighted by atomic mass is 10.0. The number of halogens is 1. The van der Waals surface area contributed by atoms with Crippen LogP contribution in [0.25, 0.3) is 10.9 Å². The zero-order valence-electron chi connectivity index (χ0n) is 10.2. The van der Waals surface area contributed by atoms with Gasteiger partial charge in [0.1, 0.15) is 5.82 Å². The zero-order chi connectivity index (χ0) is 12.5. The third-order valence-corrected chi connectivity index (χ3v) is 3.87. The number of carbonyl (C=O) groups excluding carboxylic acids is 1. The molecule has 1 fully saturated rings. The Kier molecular flexibility index (Phi) is 2.90. The molecule has 3 heteroatoms. The summed E-state index contributed by atoms with van der Waals surface area (Å²) in [6.45, 7) is 0.373. The number of ketones is 1. The van der Waals surface area contributed by atoms with Gasteiger partial charge in [-0.15, -0.1) is 0 Å². The number of nitrogens with zero attached hydrogens (tertiary/aromatic N) is 1. The van der Waals surface area contributed by atoms with Crippen molar-refractivity contribution in [2.24, 2.45) is 5.92 Å². The summed E-state index contributed by atoms with van der Waals surface area (Å²) in [5.74, 6) is 0.251. The second-order valence-corrected chi connectivity index (χ2v) is 5.09. The van der Waals surface area contributed by atoms with Crippen molar-refractivity contribution in [3.63, 3.8) is 0 Å². The molecule has 1 aromatic carbocycles. The van der Waals surface area contributed by atoms with Crippen LogP contribution in [0.5, 0.6) is 0 Å². The molecular weight excluding hydrogens is 229 g/mol. The van der Waals surface area contributed by atoms with E-state index in [2.05, 4.69) is 0 Å². The highest BCUT2D eigenvalue weighted by molar-refractivity contribution is 5.85. The fraction of sp³-hybridized carbons (Fsp3) is 0.400. The summed E-state index contributed by atoms with van der Waals surface area (Å²) in [5.41, 5.74) is 0.807. The maximum Gasteiger partial charge on any atom is 0.155 e. The normalized spacial score (nSPS) is 16.5. The Morgan fingerprint density at radius 2 is 2.06 bits per heavy atom. The van der Waals surface area contributed by atoms with Gasteiger partial charge in [0.2, 0.25) is 0 Å². The SMILES string of the molecule is O=C(Cn1ccc2ccc(F)cc21)C1CCCC1. The van der Waals surface area contributed by atoms with Crippen LogP contribution in [-0.4, -0.2) is 10.4 Å². The number of hydrogen-bond donors (Lipinski definition) is 0. The van der Waals surface area contributed by atoms with E-state index < -0.39 is 0 Å². The molecule has 0 aliphatic heterocycles. The van der Waals surface area contributed by atoms with E-state index in [4.69, 9.17) is 0 Å². The van der Waals surface area contributed by atoms with Crippen LogP contribution in [0.15, 0.2) is 30.5 Å². The summed E-state index contributed by atoms with van der Waals surface area (Å²) < 4.78 is 15.1. The molecule has 2 nitrogen and oxygen atoms in total. The smallest absolute Gasteiger partial charge is 0.155 e. The van der Waals surface area contributed by atoms with Crippen LogP contribution in [0, 0.1) is 11.7 Å². The van der Waals surface area contributed by atoms with Crippen molar-refractivity contribution < 1.29 is 9.18 Å². The Balaban J connectivity index is 1.85. The van der Waals surface area contributed by atoms with Crippen molar-refractivity contribution in [2.45, 2.75) is 32.2 Å². The first-order chi connectivity index (χ1) is 8.74. The molecule has 1 saturated carbocycles. The first-order valence-electron chi connectivity index (χ1n) is 6.51. The average molecular weight is 245 g/mol. The summed E-state index contributed by atoms with van der Waals surface area (Å²) in [7, 11) is 0. The monoisotopic (exact) mass is 245 g/mol. The molecule has 0 unspecified atom stereocenters. The van der Waals surface area contributed by atoms with Gasteiger partial charge in [0.05, 0.1) is 12.1 Å². The third-order valence-electron chi connectivity index (χ3n) is 3.87. The van der Waals surface area contributed by atoms with Gasteiger partial charge in [-0.25, -0.2) is 4.39 Å². The van der Waals surface area contributed by atoms with Gasteiger partial charge in [-0.1, -0.05) is 12.8 Å². The van der Waals surface area contributed by atoms with E-state index >= 15 is 0 Å². The van der Waals surface area contributed by atoms with Gasteiger partial charge in [0.25, 0.3) is 0 Å². The molecule has 2 aromatic rings. The predicted octanol–water partition coefficient (Wildman–Crippen LogP) is 3.54. The maximum absolute atomic E-state index is 13.2. The first kappa shape index (κ1) is 11.5. The van der Waals surface area contributed by atoms with Gasteiger partial charge in [0.15, 0.2) is 5.78 Å². The number of carbonyl (C=O) groups is 1. The second-order valence-electron chi connectivity index (χ2n) is 5.09.